The van der Waals surface area contributed by atoms with Gasteiger partial charge in [-0.1, -0.05) is 6.07 Å². The lowest BCUT2D eigenvalue weighted by atomic mass is 10.1. The van der Waals surface area contributed by atoms with Crippen molar-refractivity contribution in [3.63, 3.8) is 0 Å². The largest absolute Gasteiger partial charge is 0.353 e. The van der Waals surface area contributed by atoms with E-state index in [4.69, 9.17) is 0 Å². The van der Waals surface area contributed by atoms with Gasteiger partial charge in [-0.3, -0.25) is 9.59 Å². The van der Waals surface area contributed by atoms with Gasteiger partial charge in [-0.2, -0.15) is 4.31 Å². The molecule has 0 bridgehead atoms. The summed E-state index contributed by atoms with van der Waals surface area (Å²) in [5.74, 6) is 0.584. The summed E-state index contributed by atoms with van der Waals surface area (Å²) in [7, 11) is -2.42. The lowest BCUT2D eigenvalue weighted by Crippen LogP contribution is -2.51. The summed E-state index contributed by atoms with van der Waals surface area (Å²) in [6.07, 6.45) is 2.34. The fourth-order valence-corrected chi connectivity index (χ4v) is 5.70. The quantitative estimate of drug-likeness (QED) is 0.654. The molecule has 1 aromatic carbocycles. The fourth-order valence-electron chi connectivity index (χ4n) is 4.53. The van der Waals surface area contributed by atoms with Crippen molar-refractivity contribution in [1.82, 2.24) is 14.2 Å². The van der Waals surface area contributed by atoms with Crippen LogP contribution in [0.15, 0.2) is 47.5 Å². The number of fused-ring (bicyclic) bond motifs is 1. The zero-order valence-electron chi connectivity index (χ0n) is 19.1. The molecule has 3 heterocycles. The first-order chi connectivity index (χ1) is 15.7. The van der Waals surface area contributed by atoms with Crippen molar-refractivity contribution in [2.24, 2.45) is 0 Å². The maximum atomic E-state index is 13.1. The van der Waals surface area contributed by atoms with Crippen LogP contribution in [0.4, 0.5) is 11.5 Å². The van der Waals surface area contributed by atoms with Crippen LogP contribution >= 0.6 is 0 Å². The molecule has 2 aliphatic heterocycles. The standard InChI is InChI=1S/C23H29N5O4S/c1-17-14-19-15-20(7-8-21(19)28(17)18(2)29)33(31,32)25(3)16-23(30)27-12-10-26(11-13-27)22-6-4-5-9-24-22/h4-9,15,17H,10-14,16H2,1-3H3/t17-/m0/s1. The van der Waals surface area contributed by atoms with E-state index in [2.05, 4.69) is 9.88 Å². The van der Waals surface area contributed by atoms with Crippen LogP contribution in [0.2, 0.25) is 0 Å². The second kappa shape index (κ2) is 9.11. The number of amides is 2. The van der Waals surface area contributed by atoms with Gasteiger partial charge < -0.3 is 14.7 Å². The SMILES string of the molecule is CC(=O)N1c2ccc(S(=O)(=O)N(C)CC(=O)N3CCN(c4ccccn4)CC3)cc2C[C@@H]1C. The lowest BCUT2D eigenvalue weighted by Gasteiger charge is -2.36. The number of carbonyl (C=O) groups excluding carboxylic acids is 2. The highest BCUT2D eigenvalue weighted by Gasteiger charge is 2.32. The van der Waals surface area contributed by atoms with Gasteiger partial charge in [-0.05, 0) is 49.2 Å². The molecule has 0 saturated carbocycles. The molecule has 0 spiro atoms. The van der Waals surface area contributed by atoms with Crippen LogP contribution in [0.3, 0.4) is 0 Å². The third kappa shape index (κ3) is 4.58. The van der Waals surface area contributed by atoms with Crippen LogP contribution in [0, 0.1) is 0 Å². The number of piperazine rings is 1. The van der Waals surface area contributed by atoms with Gasteiger partial charge in [0, 0.05) is 58.1 Å². The van der Waals surface area contributed by atoms with Crippen molar-refractivity contribution in [2.75, 3.05) is 49.6 Å². The highest BCUT2D eigenvalue weighted by atomic mass is 32.2. The summed E-state index contributed by atoms with van der Waals surface area (Å²) < 4.78 is 27.4. The molecule has 2 aromatic rings. The Bertz CT molecular complexity index is 1150. The van der Waals surface area contributed by atoms with Crippen molar-refractivity contribution in [2.45, 2.75) is 31.2 Å². The van der Waals surface area contributed by atoms with Crippen molar-refractivity contribution in [3.8, 4) is 0 Å². The summed E-state index contributed by atoms with van der Waals surface area (Å²) in [6, 6.07) is 10.5. The Hall–Kier alpha value is -2.98. The van der Waals surface area contributed by atoms with E-state index in [1.807, 2.05) is 25.1 Å². The van der Waals surface area contributed by atoms with Crippen LogP contribution in [-0.2, 0) is 26.0 Å². The molecule has 1 fully saturated rings. The monoisotopic (exact) mass is 471 g/mol. The Morgan fingerprint density at radius 3 is 2.48 bits per heavy atom. The maximum Gasteiger partial charge on any atom is 0.243 e. The number of anilines is 2. The third-order valence-corrected chi connectivity index (χ3v) is 8.08. The molecule has 0 N–H and O–H groups in total. The molecule has 1 atom stereocenters. The van der Waals surface area contributed by atoms with Crippen molar-refractivity contribution in [1.29, 1.82) is 0 Å². The minimum absolute atomic E-state index is 0.0143. The minimum Gasteiger partial charge on any atom is -0.353 e. The number of carbonyl (C=O) groups is 2. The predicted molar refractivity (Wildman–Crippen MR) is 126 cm³/mol. The van der Waals surface area contributed by atoms with E-state index < -0.39 is 10.0 Å². The summed E-state index contributed by atoms with van der Waals surface area (Å²) in [5.41, 5.74) is 1.57. The average Bonchev–Trinajstić information content (AvgIpc) is 3.14. The Morgan fingerprint density at radius 2 is 1.85 bits per heavy atom. The fraction of sp³-hybridized carbons (Fsp3) is 0.435. The van der Waals surface area contributed by atoms with E-state index in [9.17, 15) is 18.0 Å². The number of rotatable bonds is 5. The molecule has 1 aromatic heterocycles. The highest BCUT2D eigenvalue weighted by Crippen LogP contribution is 2.34. The first-order valence-corrected chi connectivity index (χ1v) is 12.5. The summed E-state index contributed by atoms with van der Waals surface area (Å²) >= 11 is 0. The number of benzene rings is 1. The average molecular weight is 472 g/mol. The summed E-state index contributed by atoms with van der Waals surface area (Å²) in [4.78, 5) is 34.7. The number of aromatic nitrogens is 1. The van der Waals surface area contributed by atoms with Crippen LogP contribution in [0.1, 0.15) is 19.4 Å². The number of likely N-dealkylation sites (N-methyl/N-ethyl adjacent to an activating group) is 1. The molecule has 2 amide bonds. The molecule has 33 heavy (non-hydrogen) atoms. The van der Waals surface area contributed by atoms with Gasteiger partial charge >= 0.3 is 0 Å². The highest BCUT2D eigenvalue weighted by molar-refractivity contribution is 7.89. The first-order valence-electron chi connectivity index (χ1n) is 11.0. The Morgan fingerprint density at radius 1 is 1.12 bits per heavy atom. The van der Waals surface area contributed by atoms with Gasteiger partial charge in [-0.25, -0.2) is 13.4 Å². The topological polar surface area (TPSA) is 94.1 Å². The Kier molecular flexibility index (Phi) is 6.40. The van der Waals surface area contributed by atoms with E-state index in [0.717, 1.165) is 21.4 Å². The van der Waals surface area contributed by atoms with Gasteiger partial charge in [-0.15, -0.1) is 0 Å². The lowest BCUT2D eigenvalue weighted by molar-refractivity contribution is -0.131. The molecular formula is C23H29N5O4S. The Balaban J connectivity index is 1.40. The zero-order valence-corrected chi connectivity index (χ0v) is 20.0. The summed E-state index contributed by atoms with van der Waals surface area (Å²) in [5, 5.41) is 0. The molecule has 1 saturated heterocycles. The zero-order chi connectivity index (χ0) is 23.8. The van der Waals surface area contributed by atoms with E-state index >= 15 is 0 Å². The van der Waals surface area contributed by atoms with Gasteiger partial charge in [0.25, 0.3) is 0 Å². The van der Waals surface area contributed by atoms with Crippen LogP contribution < -0.4 is 9.80 Å². The predicted octanol–water partition coefficient (Wildman–Crippen LogP) is 1.35. The smallest absolute Gasteiger partial charge is 0.243 e. The number of hydrogen-bond acceptors (Lipinski definition) is 6. The molecule has 4 rings (SSSR count). The summed E-state index contributed by atoms with van der Waals surface area (Å²) in [6.45, 7) is 5.55. The number of hydrogen-bond donors (Lipinski definition) is 0. The van der Waals surface area contributed by atoms with Crippen LogP contribution in [0.25, 0.3) is 0 Å². The molecule has 176 valence electrons. The van der Waals surface area contributed by atoms with Crippen LogP contribution in [0.5, 0.6) is 0 Å². The normalized spacial score (nSPS) is 18.5. The molecule has 0 unspecified atom stereocenters. The molecule has 0 aliphatic carbocycles. The van der Waals surface area contributed by atoms with Crippen molar-refractivity contribution < 1.29 is 18.0 Å². The number of pyridine rings is 1. The second-order valence-electron chi connectivity index (χ2n) is 8.55. The maximum absolute atomic E-state index is 13.1. The van der Waals surface area contributed by atoms with E-state index in [0.29, 0.717) is 32.6 Å². The van der Waals surface area contributed by atoms with Crippen molar-refractivity contribution in [3.05, 3.63) is 48.2 Å². The van der Waals surface area contributed by atoms with Gasteiger partial charge in [0.2, 0.25) is 21.8 Å². The Labute approximate surface area is 194 Å². The van der Waals surface area contributed by atoms with Gasteiger partial charge in [0.1, 0.15) is 5.82 Å². The second-order valence-corrected chi connectivity index (χ2v) is 10.6. The third-order valence-electron chi connectivity index (χ3n) is 6.28. The molecule has 2 aliphatic rings. The molecule has 9 nitrogen and oxygen atoms in total. The van der Waals surface area contributed by atoms with Crippen LogP contribution in [-0.4, -0.2) is 80.2 Å². The molecule has 10 heteroatoms. The minimum atomic E-state index is -3.84. The van der Waals surface area contributed by atoms with E-state index in [-0.39, 0.29) is 29.3 Å². The number of nitrogens with zero attached hydrogens (tertiary/aromatic N) is 5. The van der Waals surface area contributed by atoms with Gasteiger partial charge in [0.15, 0.2) is 0 Å². The van der Waals surface area contributed by atoms with E-state index in [1.54, 1.807) is 28.1 Å². The number of sulfonamides is 1. The molecule has 0 radical (unpaired) electrons. The molecular weight excluding hydrogens is 442 g/mol. The van der Waals surface area contributed by atoms with E-state index in [1.165, 1.54) is 20.0 Å². The van der Waals surface area contributed by atoms with Gasteiger partial charge in [0.05, 0.1) is 11.4 Å². The van der Waals surface area contributed by atoms with Crippen molar-refractivity contribution >= 4 is 33.3 Å². The first kappa shape index (κ1) is 23.2.